The molecule has 0 bridgehead atoms. The van der Waals surface area contributed by atoms with Crippen LogP contribution in [-0.4, -0.2) is 34.0 Å². The molecule has 2 aliphatic heterocycles. The van der Waals surface area contributed by atoms with Crippen LogP contribution in [0.2, 0.25) is 0 Å². The van der Waals surface area contributed by atoms with E-state index in [1.807, 2.05) is 0 Å². The third kappa shape index (κ3) is 4.17. The second kappa shape index (κ2) is 9.05. The van der Waals surface area contributed by atoms with Crippen LogP contribution in [-0.2, 0) is 0 Å². The standard InChI is InChI=1S/2C14H12O5/c1-6-3-11(16)19-9-5-10-13(14(17)12(6)9)8(15)4-7(2)18-10;1-6-3-11(17)19-14-12(6)9(16)5-10-13(14)8(15)4-7(2)18-10/h3,5,7,17H,4H2,1-2H3;3,5,7,16H,4H2,1-2H3. The first-order chi connectivity index (χ1) is 17.9. The summed E-state index contributed by atoms with van der Waals surface area (Å²) in [6.45, 7) is 6.91. The molecule has 2 aliphatic rings. The lowest BCUT2D eigenvalue weighted by atomic mass is 9.97. The fourth-order valence-corrected chi connectivity index (χ4v) is 4.92. The van der Waals surface area contributed by atoms with Gasteiger partial charge in [-0.05, 0) is 38.8 Å². The minimum absolute atomic E-state index is 0.0584. The Kier molecular flexibility index (Phi) is 5.97. The van der Waals surface area contributed by atoms with Crippen molar-refractivity contribution in [3.05, 3.63) is 67.4 Å². The third-order valence-electron chi connectivity index (χ3n) is 6.48. The summed E-state index contributed by atoms with van der Waals surface area (Å²) in [6.07, 6.45) is -0.0614. The van der Waals surface area contributed by atoms with Crippen LogP contribution < -0.4 is 20.7 Å². The Bertz CT molecular complexity index is 1760. The van der Waals surface area contributed by atoms with Crippen molar-refractivity contribution >= 4 is 33.5 Å². The number of carbonyl (C=O) groups excluding carboxylic acids is 2. The first-order valence-corrected chi connectivity index (χ1v) is 11.9. The SMILES string of the molecule is Cc1cc(=O)oc2c3c(cc(O)c12)OC(C)CC3=O.Cc1cc(=O)oc2cc3c(c(O)c12)C(=O)CC(C)O3. The molecule has 196 valence electrons. The van der Waals surface area contributed by atoms with Crippen LogP contribution in [0.15, 0.2) is 42.7 Å². The van der Waals surface area contributed by atoms with Crippen LogP contribution in [0.5, 0.6) is 23.0 Å². The molecule has 4 aromatic rings. The molecule has 0 amide bonds. The van der Waals surface area contributed by atoms with E-state index in [9.17, 15) is 29.4 Å². The van der Waals surface area contributed by atoms with E-state index in [1.54, 1.807) is 27.7 Å². The predicted molar refractivity (Wildman–Crippen MR) is 136 cm³/mol. The van der Waals surface area contributed by atoms with Crippen molar-refractivity contribution < 1.29 is 38.1 Å². The lowest BCUT2D eigenvalue weighted by molar-refractivity contribution is 0.0858. The number of hydrogen-bond acceptors (Lipinski definition) is 10. The molecule has 38 heavy (non-hydrogen) atoms. The van der Waals surface area contributed by atoms with Gasteiger partial charge in [0.2, 0.25) is 0 Å². The Morgan fingerprint density at radius 1 is 0.711 bits per heavy atom. The number of hydrogen-bond donors (Lipinski definition) is 2. The summed E-state index contributed by atoms with van der Waals surface area (Å²) >= 11 is 0. The molecule has 2 aromatic heterocycles. The van der Waals surface area contributed by atoms with Gasteiger partial charge < -0.3 is 28.5 Å². The first-order valence-electron chi connectivity index (χ1n) is 11.9. The van der Waals surface area contributed by atoms with E-state index in [-0.39, 0.29) is 81.9 Å². The van der Waals surface area contributed by atoms with E-state index < -0.39 is 11.3 Å². The molecule has 2 atom stereocenters. The molecule has 2 aromatic carbocycles. The Balaban J connectivity index is 0.000000155. The fraction of sp³-hybridized carbons (Fsp3) is 0.286. The van der Waals surface area contributed by atoms with Gasteiger partial charge in [0.05, 0.1) is 10.8 Å². The van der Waals surface area contributed by atoms with Gasteiger partial charge in [0.1, 0.15) is 51.9 Å². The second-order valence-corrected chi connectivity index (χ2v) is 9.55. The van der Waals surface area contributed by atoms with E-state index in [4.69, 9.17) is 18.3 Å². The Morgan fingerprint density at radius 3 is 1.87 bits per heavy atom. The number of ether oxygens (including phenoxy) is 2. The molecule has 0 radical (unpaired) electrons. The molecule has 2 N–H and O–H groups in total. The minimum Gasteiger partial charge on any atom is -0.507 e. The molecule has 0 fully saturated rings. The van der Waals surface area contributed by atoms with E-state index in [0.29, 0.717) is 21.9 Å². The zero-order valence-electron chi connectivity index (χ0n) is 21.0. The number of rotatable bonds is 0. The molecule has 2 unspecified atom stereocenters. The molecule has 0 spiro atoms. The summed E-state index contributed by atoms with van der Waals surface area (Å²) in [4.78, 5) is 47.0. The Morgan fingerprint density at radius 2 is 1.24 bits per heavy atom. The molecule has 0 saturated heterocycles. The van der Waals surface area contributed by atoms with Gasteiger partial charge in [0.15, 0.2) is 17.1 Å². The van der Waals surface area contributed by atoms with Gasteiger partial charge in [-0.3, -0.25) is 9.59 Å². The van der Waals surface area contributed by atoms with Gasteiger partial charge in [-0.15, -0.1) is 0 Å². The van der Waals surface area contributed by atoms with Crippen molar-refractivity contribution in [1.82, 2.24) is 0 Å². The highest BCUT2D eigenvalue weighted by Gasteiger charge is 2.30. The smallest absolute Gasteiger partial charge is 0.336 e. The van der Waals surface area contributed by atoms with Gasteiger partial charge in [-0.2, -0.15) is 0 Å². The van der Waals surface area contributed by atoms with Crippen LogP contribution >= 0.6 is 0 Å². The number of benzene rings is 2. The number of aryl methyl sites for hydroxylation is 2. The number of fused-ring (bicyclic) bond motifs is 5. The van der Waals surface area contributed by atoms with E-state index in [0.717, 1.165) is 0 Å². The number of ketones is 2. The lowest BCUT2D eigenvalue weighted by Gasteiger charge is -2.23. The van der Waals surface area contributed by atoms with Gasteiger partial charge in [-0.25, -0.2) is 9.59 Å². The third-order valence-corrected chi connectivity index (χ3v) is 6.48. The topological polar surface area (TPSA) is 153 Å². The molecule has 10 nitrogen and oxygen atoms in total. The molecular weight excluding hydrogens is 496 g/mol. The first kappa shape index (κ1) is 25.1. The van der Waals surface area contributed by atoms with Gasteiger partial charge in [0, 0.05) is 37.1 Å². The molecule has 10 heteroatoms. The van der Waals surface area contributed by atoms with Crippen molar-refractivity contribution in [1.29, 1.82) is 0 Å². The summed E-state index contributed by atoms with van der Waals surface area (Å²) in [5.41, 5.74) is 0.828. The minimum atomic E-state index is -0.552. The largest absolute Gasteiger partial charge is 0.507 e. The van der Waals surface area contributed by atoms with Crippen LogP contribution in [0.25, 0.3) is 21.9 Å². The fourth-order valence-electron chi connectivity index (χ4n) is 4.92. The Hall–Kier alpha value is -4.60. The normalized spacial score (nSPS) is 18.2. The number of carbonyl (C=O) groups is 2. The average molecular weight is 520 g/mol. The van der Waals surface area contributed by atoms with Crippen molar-refractivity contribution in [3.8, 4) is 23.0 Å². The van der Waals surface area contributed by atoms with Crippen LogP contribution in [0.3, 0.4) is 0 Å². The second-order valence-electron chi connectivity index (χ2n) is 9.55. The van der Waals surface area contributed by atoms with Crippen LogP contribution in [0, 0.1) is 13.8 Å². The van der Waals surface area contributed by atoms with Crippen molar-refractivity contribution in [2.24, 2.45) is 0 Å². The summed E-state index contributed by atoms with van der Waals surface area (Å²) in [6, 6.07) is 5.46. The summed E-state index contributed by atoms with van der Waals surface area (Å²) in [5, 5.41) is 21.0. The van der Waals surface area contributed by atoms with Crippen LogP contribution in [0.1, 0.15) is 58.5 Å². The quantitative estimate of drug-likeness (QED) is 0.320. The molecule has 6 rings (SSSR count). The number of phenols is 2. The number of aromatic hydroxyl groups is 2. The van der Waals surface area contributed by atoms with Crippen molar-refractivity contribution in [2.45, 2.75) is 52.7 Å². The maximum absolute atomic E-state index is 12.1. The Labute approximate surface area is 215 Å². The van der Waals surface area contributed by atoms with E-state index in [2.05, 4.69) is 0 Å². The van der Waals surface area contributed by atoms with E-state index in [1.165, 1.54) is 24.3 Å². The van der Waals surface area contributed by atoms with Gasteiger partial charge >= 0.3 is 11.3 Å². The van der Waals surface area contributed by atoms with Crippen molar-refractivity contribution in [3.63, 3.8) is 0 Å². The van der Waals surface area contributed by atoms with Gasteiger partial charge in [0.25, 0.3) is 0 Å². The molecular formula is C28H24O10. The highest BCUT2D eigenvalue weighted by Crippen LogP contribution is 2.41. The zero-order valence-corrected chi connectivity index (χ0v) is 21.0. The zero-order chi connectivity index (χ0) is 27.5. The highest BCUT2D eigenvalue weighted by atomic mass is 16.5. The molecule has 0 saturated carbocycles. The average Bonchev–Trinajstić information content (AvgIpc) is 2.77. The monoisotopic (exact) mass is 520 g/mol. The molecule has 4 heterocycles. The lowest BCUT2D eigenvalue weighted by Crippen LogP contribution is -2.24. The predicted octanol–water partition coefficient (Wildman–Crippen LogP) is 4.32. The molecule has 0 aliphatic carbocycles. The highest BCUT2D eigenvalue weighted by molar-refractivity contribution is 6.11. The number of phenolic OH excluding ortho intramolecular Hbond substituents is 2. The summed E-state index contributed by atoms with van der Waals surface area (Å²) < 4.78 is 21.2. The van der Waals surface area contributed by atoms with E-state index >= 15 is 0 Å². The maximum Gasteiger partial charge on any atom is 0.336 e. The van der Waals surface area contributed by atoms with Crippen molar-refractivity contribution in [2.75, 3.05) is 0 Å². The number of Topliss-reactive ketones (excluding diaryl/α,β-unsaturated/α-hetero) is 2. The van der Waals surface area contributed by atoms with Crippen LogP contribution in [0.4, 0.5) is 0 Å². The summed E-state index contributed by atoms with van der Waals surface area (Å²) in [7, 11) is 0. The van der Waals surface area contributed by atoms with Gasteiger partial charge in [-0.1, -0.05) is 0 Å². The summed E-state index contributed by atoms with van der Waals surface area (Å²) in [5.74, 6) is -0.0150. The maximum atomic E-state index is 12.1.